The summed E-state index contributed by atoms with van der Waals surface area (Å²) in [7, 11) is 0. The maximum atomic E-state index is 8.30. The Morgan fingerprint density at radius 2 is 2.62 bits per heavy atom. The summed E-state index contributed by atoms with van der Waals surface area (Å²) in [6.07, 6.45) is 0. The van der Waals surface area contributed by atoms with Gasteiger partial charge in [0.15, 0.2) is 5.69 Å². The van der Waals surface area contributed by atoms with Gasteiger partial charge in [0, 0.05) is 0 Å². The summed E-state index contributed by atoms with van der Waals surface area (Å²) in [6, 6.07) is 1.97. The first-order chi connectivity index (χ1) is 3.84. The molecule has 0 saturated heterocycles. The van der Waals surface area contributed by atoms with Crippen molar-refractivity contribution in [1.29, 1.82) is 5.26 Å². The predicted octanol–water partition coefficient (Wildman–Crippen LogP) is 1.62. The summed E-state index contributed by atoms with van der Waals surface area (Å²) >= 11 is 3.57. The van der Waals surface area contributed by atoms with E-state index < -0.39 is 0 Å². The third-order valence-electron chi connectivity index (χ3n) is 0.630. The molecule has 1 rings (SSSR count). The zero-order valence-electron chi connectivity index (χ0n) is 3.76. The van der Waals surface area contributed by atoms with Crippen LogP contribution in [0.4, 0.5) is 0 Å². The molecular weight excluding hydrogens is 235 g/mol. The lowest BCUT2D eigenvalue weighted by molar-refractivity contribution is 1.32. The van der Waals surface area contributed by atoms with E-state index in [0.717, 1.165) is 2.88 Å². The third-order valence-corrected chi connectivity index (χ3v) is 2.51. The van der Waals surface area contributed by atoms with Crippen LogP contribution >= 0.6 is 33.9 Å². The van der Waals surface area contributed by atoms with Crippen LogP contribution in [0.15, 0.2) is 5.51 Å². The molecule has 1 aromatic heterocycles. The van der Waals surface area contributed by atoms with Crippen LogP contribution in [0.25, 0.3) is 0 Å². The van der Waals surface area contributed by atoms with Crippen LogP contribution in [0.5, 0.6) is 0 Å². The highest BCUT2D eigenvalue weighted by Crippen LogP contribution is 2.13. The van der Waals surface area contributed by atoms with Gasteiger partial charge in [-0.05, 0) is 22.6 Å². The monoisotopic (exact) mass is 236 g/mol. The van der Waals surface area contributed by atoms with Crippen LogP contribution in [0, 0.1) is 14.2 Å². The highest BCUT2D eigenvalue weighted by Gasteiger charge is 1.97. The van der Waals surface area contributed by atoms with E-state index in [9.17, 15) is 0 Å². The Kier molecular flexibility index (Phi) is 1.81. The predicted molar refractivity (Wildman–Crippen MR) is 39.5 cm³/mol. The second-order valence-corrected chi connectivity index (χ2v) is 3.75. The molecule has 0 atom stereocenters. The van der Waals surface area contributed by atoms with Gasteiger partial charge in [0.2, 0.25) is 0 Å². The molecule has 8 heavy (non-hydrogen) atoms. The number of rotatable bonds is 0. The molecule has 0 aliphatic carbocycles. The number of thiazole rings is 1. The first kappa shape index (κ1) is 5.98. The fourth-order valence-corrected chi connectivity index (χ4v) is 1.37. The minimum atomic E-state index is 0.538. The summed E-state index contributed by atoms with van der Waals surface area (Å²) < 4.78 is 0.963. The van der Waals surface area contributed by atoms with Crippen LogP contribution in [0.3, 0.4) is 0 Å². The molecule has 1 heterocycles. The van der Waals surface area contributed by atoms with Crippen molar-refractivity contribution >= 4 is 33.9 Å². The Balaban J connectivity index is 3.15. The van der Waals surface area contributed by atoms with Gasteiger partial charge in [0.05, 0.1) is 5.51 Å². The Hall–Kier alpha value is -0.150. The molecule has 0 amide bonds. The van der Waals surface area contributed by atoms with Crippen LogP contribution < -0.4 is 0 Å². The van der Waals surface area contributed by atoms with Crippen molar-refractivity contribution in [3.8, 4) is 6.07 Å². The van der Waals surface area contributed by atoms with Crippen LogP contribution in [0.2, 0.25) is 0 Å². The van der Waals surface area contributed by atoms with E-state index in [4.69, 9.17) is 5.26 Å². The van der Waals surface area contributed by atoms with Crippen molar-refractivity contribution in [1.82, 2.24) is 4.98 Å². The normalized spacial score (nSPS) is 8.50. The van der Waals surface area contributed by atoms with Crippen molar-refractivity contribution in [2.45, 2.75) is 0 Å². The first-order valence-electron chi connectivity index (χ1n) is 1.83. The second-order valence-electron chi connectivity index (χ2n) is 1.09. The van der Waals surface area contributed by atoms with Crippen molar-refractivity contribution in [2.75, 3.05) is 0 Å². The molecule has 0 spiro atoms. The largest absolute Gasteiger partial charge is 0.233 e. The standard InChI is InChI=1S/C4HIN2S/c5-4-3(1-6)7-2-8-4/h2H. The van der Waals surface area contributed by atoms with Crippen LogP contribution in [-0.2, 0) is 0 Å². The number of nitriles is 1. The topological polar surface area (TPSA) is 36.7 Å². The van der Waals surface area contributed by atoms with E-state index in [0.29, 0.717) is 5.69 Å². The van der Waals surface area contributed by atoms with E-state index in [1.807, 2.05) is 6.07 Å². The average molecular weight is 236 g/mol. The zero-order chi connectivity index (χ0) is 5.98. The fourth-order valence-electron chi connectivity index (χ4n) is 0.305. The van der Waals surface area contributed by atoms with Gasteiger partial charge < -0.3 is 0 Å². The van der Waals surface area contributed by atoms with Gasteiger partial charge in [0.1, 0.15) is 8.95 Å². The molecule has 0 N–H and O–H groups in total. The highest BCUT2D eigenvalue weighted by atomic mass is 127. The number of hydrogen-bond donors (Lipinski definition) is 0. The molecule has 0 bridgehead atoms. The summed E-state index contributed by atoms with van der Waals surface area (Å²) in [5.41, 5.74) is 2.20. The van der Waals surface area contributed by atoms with Gasteiger partial charge in [-0.15, -0.1) is 11.3 Å². The lowest BCUT2D eigenvalue weighted by atomic mass is 10.6. The SMILES string of the molecule is N#Cc1ncsc1I. The molecule has 40 valence electrons. The minimum absolute atomic E-state index is 0.538. The number of nitrogens with zero attached hydrogens (tertiary/aromatic N) is 2. The van der Waals surface area contributed by atoms with E-state index in [1.165, 1.54) is 11.3 Å². The molecule has 2 nitrogen and oxygen atoms in total. The van der Waals surface area contributed by atoms with Crippen molar-refractivity contribution in [3.63, 3.8) is 0 Å². The lowest BCUT2D eigenvalue weighted by Gasteiger charge is -1.72. The Bertz CT molecular complexity index is 224. The first-order valence-corrected chi connectivity index (χ1v) is 3.79. The van der Waals surface area contributed by atoms with Crippen molar-refractivity contribution in [2.24, 2.45) is 0 Å². The maximum absolute atomic E-state index is 8.30. The Labute approximate surface area is 64.3 Å². The molecule has 0 radical (unpaired) electrons. The van der Waals surface area contributed by atoms with E-state index >= 15 is 0 Å². The molecular formula is C4HIN2S. The smallest absolute Gasteiger partial charge is 0.164 e. The van der Waals surface area contributed by atoms with E-state index in [1.54, 1.807) is 5.51 Å². The Morgan fingerprint density at radius 3 is 2.88 bits per heavy atom. The lowest BCUT2D eigenvalue weighted by Crippen LogP contribution is -1.71. The molecule has 0 fully saturated rings. The summed E-state index contributed by atoms with van der Waals surface area (Å²) in [6.45, 7) is 0. The molecule has 0 aliphatic heterocycles. The quantitative estimate of drug-likeness (QED) is 0.641. The van der Waals surface area contributed by atoms with Crippen LogP contribution in [-0.4, -0.2) is 4.98 Å². The van der Waals surface area contributed by atoms with Crippen molar-refractivity contribution in [3.05, 3.63) is 14.1 Å². The fraction of sp³-hybridized carbons (Fsp3) is 0. The molecule has 0 aromatic carbocycles. The highest BCUT2D eigenvalue weighted by molar-refractivity contribution is 14.1. The van der Waals surface area contributed by atoms with Gasteiger partial charge in [-0.3, -0.25) is 0 Å². The summed E-state index contributed by atoms with van der Waals surface area (Å²) in [4.78, 5) is 3.78. The molecule has 4 heteroatoms. The Morgan fingerprint density at radius 1 is 1.88 bits per heavy atom. The van der Waals surface area contributed by atoms with Gasteiger partial charge >= 0.3 is 0 Å². The average Bonchev–Trinajstić information content (AvgIpc) is 2.14. The van der Waals surface area contributed by atoms with E-state index in [2.05, 4.69) is 27.6 Å². The number of hydrogen-bond acceptors (Lipinski definition) is 3. The maximum Gasteiger partial charge on any atom is 0.164 e. The second kappa shape index (κ2) is 2.42. The molecule has 0 unspecified atom stereocenters. The number of aromatic nitrogens is 1. The van der Waals surface area contributed by atoms with Gasteiger partial charge in [0.25, 0.3) is 0 Å². The van der Waals surface area contributed by atoms with Gasteiger partial charge in [-0.25, -0.2) is 4.98 Å². The molecule has 0 saturated carbocycles. The van der Waals surface area contributed by atoms with E-state index in [-0.39, 0.29) is 0 Å². The third kappa shape index (κ3) is 0.980. The van der Waals surface area contributed by atoms with Gasteiger partial charge in [-0.1, -0.05) is 0 Å². The zero-order valence-corrected chi connectivity index (χ0v) is 6.73. The van der Waals surface area contributed by atoms with Crippen molar-refractivity contribution < 1.29 is 0 Å². The minimum Gasteiger partial charge on any atom is -0.233 e. The van der Waals surface area contributed by atoms with Gasteiger partial charge in [-0.2, -0.15) is 5.26 Å². The molecule has 1 aromatic rings. The number of halogens is 1. The summed E-state index contributed by atoms with van der Waals surface area (Å²) in [5.74, 6) is 0. The molecule has 0 aliphatic rings. The van der Waals surface area contributed by atoms with Crippen LogP contribution in [0.1, 0.15) is 5.69 Å². The summed E-state index contributed by atoms with van der Waals surface area (Å²) in [5, 5.41) is 8.30.